The lowest BCUT2D eigenvalue weighted by atomic mass is 10.1. The SMILES string of the molecule is C=CC(=O)N1CCN(c2nc(OC[C@@H]3CCCN3C)nc3c(F)c(-c4cccc5ccsc45)ncc23)C[C@@H]1CC#N. The van der Waals surface area contributed by atoms with Crippen molar-refractivity contribution < 1.29 is 13.9 Å². The van der Waals surface area contributed by atoms with Gasteiger partial charge in [0.05, 0.1) is 23.9 Å². The summed E-state index contributed by atoms with van der Waals surface area (Å²) in [4.78, 5) is 32.2. The Kier molecular flexibility index (Phi) is 7.51. The summed E-state index contributed by atoms with van der Waals surface area (Å²) in [5.74, 6) is -0.281. The molecule has 0 bridgehead atoms. The number of carbonyl (C=O) groups excluding carboxylic acids is 1. The Morgan fingerprint density at radius 2 is 2.15 bits per heavy atom. The summed E-state index contributed by atoms with van der Waals surface area (Å²) in [6, 6.07) is 9.91. The van der Waals surface area contributed by atoms with Gasteiger partial charge in [0, 0.05) is 42.1 Å². The lowest BCUT2D eigenvalue weighted by Crippen LogP contribution is -2.55. The predicted molar refractivity (Wildman–Crippen MR) is 157 cm³/mol. The number of halogens is 1. The second kappa shape index (κ2) is 11.4. The molecular formula is C30H30FN7O2S. The van der Waals surface area contributed by atoms with Crippen molar-refractivity contribution in [2.24, 2.45) is 0 Å². The summed E-state index contributed by atoms with van der Waals surface area (Å²) >= 11 is 1.54. The molecule has 0 aliphatic carbocycles. The number of benzene rings is 1. The first-order chi connectivity index (χ1) is 20.0. The van der Waals surface area contributed by atoms with Crippen molar-refractivity contribution in [3.8, 4) is 23.3 Å². The van der Waals surface area contributed by atoms with E-state index in [-0.39, 0.29) is 41.6 Å². The zero-order valence-corrected chi connectivity index (χ0v) is 23.6. The monoisotopic (exact) mass is 571 g/mol. The number of fused-ring (bicyclic) bond motifs is 2. The number of hydrogen-bond acceptors (Lipinski definition) is 9. The van der Waals surface area contributed by atoms with Crippen LogP contribution in [0.25, 0.3) is 32.2 Å². The summed E-state index contributed by atoms with van der Waals surface area (Å²) < 4.78 is 23.5. The molecule has 0 N–H and O–H groups in total. The molecule has 0 radical (unpaired) electrons. The molecule has 0 spiro atoms. The fourth-order valence-electron chi connectivity index (χ4n) is 5.79. The van der Waals surface area contributed by atoms with E-state index < -0.39 is 5.82 Å². The number of piperazine rings is 1. The fraction of sp³-hybridized carbons (Fsp3) is 0.367. The van der Waals surface area contributed by atoms with Gasteiger partial charge < -0.3 is 19.4 Å². The molecule has 6 rings (SSSR count). The topological polar surface area (TPSA) is 98.5 Å². The van der Waals surface area contributed by atoms with Gasteiger partial charge in [0.25, 0.3) is 0 Å². The first-order valence-corrected chi connectivity index (χ1v) is 14.6. The number of aromatic nitrogens is 3. The summed E-state index contributed by atoms with van der Waals surface area (Å²) in [5.41, 5.74) is 1.06. The van der Waals surface area contributed by atoms with E-state index in [4.69, 9.17) is 9.72 Å². The Morgan fingerprint density at radius 1 is 1.27 bits per heavy atom. The summed E-state index contributed by atoms with van der Waals surface area (Å²) in [7, 11) is 2.07. The third-order valence-electron chi connectivity index (χ3n) is 8.02. The van der Waals surface area contributed by atoms with Gasteiger partial charge in [-0.05, 0) is 49.3 Å². The van der Waals surface area contributed by atoms with Crippen molar-refractivity contribution in [2.75, 3.05) is 44.7 Å². The normalized spacial score (nSPS) is 19.5. The minimum absolute atomic E-state index is 0.0969. The molecule has 5 heterocycles. The molecule has 4 aromatic rings. The Bertz CT molecular complexity index is 1670. The molecule has 2 saturated heterocycles. The van der Waals surface area contributed by atoms with Crippen molar-refractivity contribution in [1.82, 2.24) is 24.8 Å². The van der Waals surface area contributed by atoms with Crippen LogP contribution in [0.4, 0.5) is 10.2 Å². The maximum atomic E-state index is 16.4. The van der Waals surface area contributed by atoms with Crippen LogP contribution in [0.5, 0.6) is 6.01 Å². The van der Waals surface area contributed by atoms with Crippen LogP contribution in [-0.4, -0.2) is 82.6 Å². The summed E-state index contributed by atoms with van der Waals surface area (Å²) in [5, 5.41) is 12.9. The Labute approximate surface area is 241 Å². The highest BCUT2D eigenvalue weighted by atomic mass is 32.1. The van der Waals surface area contributed by atoms with Crippen molar-refractivity contribution >= 4 is 44.1 Å². The van der Waals surface area contributed by atoms with E-state index in [1.807, 2.05) is 34.5 Å². The lowest BCUT2D eigenvalue weighted by Gasteiger charge is -2.41. The average molecular weight is 572 g/mol. The number of thiophene rings is 1. The smallest absolute Gasteiger partial charge is 0.319 e. The zero-order valence-electron chi connectivity index (χ0n) is 22.8. The molecule has 1 amide bonds. The van der Waals surface area contributed by atoms with Crippen molar-refractivity contribution in [1.29, 1.82) is 5.26 Å². The van der Waals surface area contributed by atoms with Gasteiger partial charge >= 0.3 is 6.01 Å². The van der Waals surface area contributed by atoms with Crippen LogP contribution >= 0.6 is 11.3 Å². The maximum Gasteiger partial charge on any atom is 0.319 e. The van der Waals surface area contributed by atoms with Gasteiger partial charge in [0.1, 0.15) is 23.6 Å². The highest BCUT2D eigenvalue weighted by Gasteiger charge is 2.32. The molecule has 210 valence electrons. The maximum absolute atomic E-state index is 16.4. The number of rotatable bonds is 7. The molecular weight excluding hydrogens is 541 g/mol. The number of amides is 1. The Morgan fingerprint density at radius 3 is 2.93 bits per heavy atom. The van der Waals surface area contributed by atoms with Crippen LogP contribution in [0.15, 0.2) is 48.5 Å². The van der Waals surface area contributed by atoms with Crippen LogP contribution in [0.2, 0.25) is 0 Å². The number of anilines is 1. The number of likely N-dealkylation sites (N-methyl/N-ethyl adjacent to an activating group) is 1. The molecule has 3 aromatic heterocycles. The molecule has 2 aliphatic rings. The van der Waals surface area contributed by atoms with Crippen LogP contribution < -0.4 is 9.64 Å². The number of hydrogen-bond donors (Lipinski definition) is 0. The third kappa shape index (κ3) is 5.09. The highest BCUT2D eigenvalue weighted by molar-refractivity contribution is 7.17. The molecule has 11 heteroatoms. The average Bonchev–Trinajstić information content (AvgIpc) is 3.64. The molecule has 0 unspecified atom stereocenters. The zero-order chi connectivity index (χ0) is 28.5. The number of carbonyl (C=O) groups is 1. The van der Waals surface area contributed by atoms with Crippen molar-refractivity contribution in [2.45, 2.75) is 31.3 Å². The van der Waals surface area contributed by atoms with Gasteiger partial charge in [-0.3, -0.25) is 9.78 Å². The number of ether oxygens (including phenoxy) is 1. The quantitative estimate of drug-likeness (QED) is 0.296. The molecule has 2 aliphatic heterocycles. The van der Waals surface area contributed by atoms with E-state index in [9.17, 15) is 10.1 Å². The molecule has 1 aromatic carbocycles. The van der Waals surface area contributed by atoms with E-state index in [1.165, 1.54) is 6.08 Å². The minimum Gasteiger partial charge on any atom is -0.462 e. The number of likely N-dealkylation sites (tertiary alicyclic amines) is 1. The third-order valence-corrected chi connectivity index (χ3v) is 8.98. The second-order valence-electron chi connectivity index (χ2n) is 10.4. The molecule has 2 atom stereocenters. The second-order valence-corrected chi connectivity index (χ2v) is 11.4. The standard InChI is InChI=1S/C30H30FN7O2S/c1-3-24(39)38-14-13-37(17-20(38)9-11-32)29-23-16-33-26(22-8-4-6-19-10-15-41-28(19)22)25(31)27(23)34-30(35-29)40-18-21-7-5-12-36(21)2/h3-4,6,8,10,15-16,20-21H,1,5,7,9,12-14,17-18H2,2H3/t20-,21-/m0/s1. The Balaban J connectivity index is 1.43. The van der Waals surface area contributed by atoms with Gasteiger partial charge in [-0.1, -0.05) is 24.8 Å². The number of nitrogens with zero attached hydrogens (tertiary/aromatic N) is 7. The van der Waals surface area contributed by atoms with Crippen molar-refractivity contribution in [3.05, 3.63) is 54.3 Å². The van der Waals surface area contributed by atoms with Crippen LogP contribution in [0.3, 0.4) is 0 Å². The predicted octanol–water partition coefficient (Wildman–Crippen LogP) is 4.64. The molecule has 2 fully saturated rings. The largest absolute Gasteiger partial charge is 0.462 e. The van der Waals surface area contributed by atoms with Crippen LogP contribution in [0.1, 0.15) is 19.3 Å². The number of nitriles is 1. The summed E-state index contributed by atoms with van der Waals surface area (Å²) in [6.45, 7) is 6.17. The minimum atomic E-state index is -0.538. The highest BCUT2D eigenvalue weighted by Crippen LogP contribution is 2.37. The van der Waals surface area contributed by atoms with Crippen LogP contribution in [0, 0.1) is 17.1 Å². The van der Waals surface area contributed by atoms with Crippen molar-refractivity contribution in [3.63, 3.8) is 0 Å². The van der Waals surface area contributed by atoms with Gasteiger partial charge in [-0.25, -0.2) is 4.39 Å². The van der Waals surface area contributed by atoms with Crippen LogP contribution in [-0.2, 0) is 4.79 Å². The molecule has 0 saturated carbocycles. The lowest BCUT2D eigenvalue weighted by molar-refractivity contribution is -0.128. The van der Waals surface area contributed by atoms with Gasteiger partial charge in [0.2, 0.25) is 5.91 Å². The van der Waals surface area contributed by atoms with E-state index in [1.54, 1.807) is 22.4 Å². The van der Waals surface area contributed by atoms with E-state index >= 15 is 4.39 Å². The van der Waals surface area contributed by atoms with Gasteiger partial charge in [-0.2, -0.15) is 15.2 Å². The van der Waals surface area contributed by atoms with E-state index in [2.05, 4.69) is 34.6 Å². The molecule has 9 nitrogen and oxygen atoms in total. The van der Waals surface area contributed by atoms with Gasteiger partial charge in [-0.15, -0.1) is 11.3 Å². The Hall–Kier alpha value is -4.14. The first-order valence-electron chi connectivity index (χ1n) is 13.7. The fourth-order valence-corrected chi connectivity index (χ4v) is 6.70. The van der Waals surface area contributed by atoms with E-state index in [0.717, 1.165) is 29.5 Å². The summed E-state index contributed by atoms with van der Waals surface area (Å²) in [6.07, 6.45) is 5.14. The van der Waals surface area contributed by atoms with E-state index in [0.29, 0.717) is 43.0 Å². The first kappa shape index (κ1) is 27.1. The van der Waals surface area contributed by atoms with Gasteiger partial charge in [0.15, 0.2) is 5.82 Å². The number of pyridine rings is 1. The molecule has 41 heavy (non-hydrogen) atoms.